The highest BCUT2D eigenvalue weighted by Gasteiger charge is 2.20. The molecule has 0 radical (unpaired) electrons. The van der Waals surface area contributed by atoms with Gasteiger partial charge in [-0.05, 0) is 69.3 Å². The second kappa shape index (κ2) is 15.5. The monoisotopic (exact) mass is 785 g/mol. The molecular formula is C39H36ClF4N11O. The first kappa shape index (κ1) is 38.2. The summed E-state index contributed by atoms with van der Waals surface area (Å²) < 4.78 is 66.0. The SMILES string of the molecule is C=C(C)c1c(C)nc2c(F)cc(-c3nc(Cl)ncc3F)cn12.COc1cc(N2CCN(C)CC2)ccc1Nc1ncc(F)c(-c2cc(F)c3nc(C)cn3c2)n1. The Labute approximate surface area is 324 Å². The number of benzene rings is 1. The normalized spacial score (nSPS) is 13.2. The lowest BCUT2D eigenvalue weighted by atomic mass is 10.1. The van der Waals surface area contributed by atoms with Gasteiger partial charge in [0.1, 0.15) is 17.1 Å². The zero-order valence-corrected chi connectivity index (χ0v) is 31.8. The third-order valence-corrected chi connectivity index (χ3v) is 9.37. The zero-order chi connectivity index (χ0) is 39.8. The minimum atomic E-state index is -0.683. The van der Waals surface area contributed by atoms with Crippen molar-refractivity contribution in [2.75, 3.05) is 50.6 Å². The number of methoxy groups -OCH3 is 1. The highest BCUT2D eigenvalue weighted by Crippen LogP contribution is 2.33. The smallest absolute Gasteiger partial charge is 0.228 e. The van der Waals surface area contributed by atoms with Crippen LogP contribution in [-0.4, -0.2) is 83.9 Å². The average molecular weight is 786 g/mol. The molecule has 1 fully saturated rings. The van der Waals surface area contributed by atoms with E-state index in [1.54, 1.807) is 46.5 Å². The molecule has 0 atom stereocenters. The first-order valence-electron chi connectivity index (χ1n) is 17.4. The minimum absolute atomic E-state index is 0.0160. The lowest BCUT2D eigenvalue weighted by molar-refractivity contribution is 0.312. The van der Waals surface area contributed by atoms with Gasteiger partial charge in [-0.1, -0.05) is 6.58 Å². The molecule has 0 aliphatic carbocycles. The number of hydrogen-bond donors (Lipinski definition) is 1. The van der Waals surface area contributed by atoms with E-state index in [1.165, 1.54) is 20.9 Å². The van der Waals surface area contributed by atoms with Gasteiger partial charge in [0.05, 0.1) is 42.3 Å². The molecule has 7 aromatic rings. The molecule has 0 spiro atoms. The number of nitrogens with one attached hydrogen (secondary N) is 1. The molecule has 0 bridgehead atoms. The molecule has 1 aliphatic heterocycles. The fraction of sp³-hybridized carbons (Fsp3) is 0.231. The van der Waals surface area contributed by atoms with E-state index in [2.05, 4.69) is 58.6 Å². The highest BCUT2D eigenvalue weighted by atomic mass is 35.5. The molecule has 8 rings (SSSR count). The van der Waals surface area contributed by atoms with E-state index < -0.39 is 23.3 Å². The van der Waals surface area contributed by atoms with Crippen LogP contribution in [0.1, 0.15) is 24.0 Å². The molecule has 1 aromatic carbocycles. The van der Waals surface area contributed by atoms with Gasteiger partial charge in [-0.2, -0.15) is 0 Å². The van der Waals surface area contributed by atoms with E-state index in [0.29, 0.717) is 28.5 Å². The summed E-state index contributed by atoms with van der Waals surface area (Å²) in [5.74, 6) is -1.69. The lowest BCUT2D eigenvalue weighted by Gasteiger charge is -2.34. The zero-order valence-electron chi connectivity index (χ0n) is 31.1. The van der Waals surface area contributed by atoms with Crippen LogP contribution in [0.4, 0.5) is 34.9 Å². The molecule has 0 unspecified atom stereocenters. The summed E-state index contributed by atoms with van der Waals surface area (Å²) in [6.07, 6.45) is 6.85. The van der Waals surface area contributed by atoms with Gasteiger partial charge in [0.2, 0.25) is 11.2 Å². The Hall–Kier alpha value is -6.13. The van der Waals surface area contributed by atoms with Crippen LogP contribution in [0, 0.1) is 37.1 Å². The molecule has 6 aromatic heterocycles. The van der Waals surface area contributed by atoms with Crippen LogP contribution in [0.2, 0.25) is 5.28 Å². The standard InChI is InChI=1S/C24H25F2N7O.C15H11ClF2N4/c1-15-13-33-14-16(10-18(25)23(33)28-15)22-19(26)12-27-24(30-22)29-20-5-4-17(11-21(20)34-3)32-8-6-31(2)7-9-32;1-7(2)13-8(3)20-14-10(17)4-9(6-22(13)14)12-11(18)5-19-15(16)21-12/h4-5,10-14H,6-9H2,1-3H3,(H,27,29,30);4-6H,1H2,2-3H3. The van der Waals surface area contributed by atoms with Gasteiger partial charge in [0.25, 0.3) is 0 Å². The second-order valence-electron chi connectivity index (χ2n) is 13.3. The summed E-state index contributed by atoms with van der Waals surface area (Å²) in [4.78, 5) is 28.7. The summed E-state index contributed by atoms with van der Waals surface area (Å²) in [5, 5.41) is 2.99. The quantitative estimate of drug-likeness (QED) is 0.126. The number of piperazine rings is 1. The lowest BCUT2D eigenvalue weighted by Crippen LogP contribution is -2.44. The number of pyridine rings is 2. The van der Waals surface area contributed by atoms with E-state index in [-0.39, 0.29) is 45.0 Å². The van der Waals surface area contributed by atoms with E-state index in [1.807, 2.05) is 18.2 Å². The van der Waals surface area contributed by atoms with Crippen molar-refractivity contribution in [1.29, 1.82) is 0 Å². The van der Waals surface area contributed by atoms with Crippen LogP contribution in [0.5, 0.6) is 5.75 Å². The Morgan fingerprint density at radius 2 is 1.46 bits per heavy atom. The van der Waals surface area contributed by atoms with Crippen molar-refractivity contribution in [3.05, 3.63) is 114 Å². The topological polar surface area (TPSA) is 114 Å². The van der Waals surface area contributed by atoms with Crippen molar-refractivity contribution in [3.8, 4) is 28.3 Å². The maximum atomic E-state index is 14.6. The predicted molar refractivity (Wildman–Crippen MR) is 207 cm³/mol. The van der Waals surface area contributed by atoms with Crippen LogP contribution >= 0.6 is 11.6 Å². The Kier molecular flexibility index (Phi) is 10.6. The van der Waals surface area contributed by atoms with Crippen molar-refractivity contribution >= 4 is 45.8 Å². The van der Waals surface area contributed by atoms with E-state index in [0.717, 1.165) is 49.8 Å². The number of anilines is 3. The summed E-state index contributed by atoms with van der Waals surface area (Å²) in [7, 11) is 3.71. The van der Waals surface area contributed by atoms with Crippen LogP contribution in [0.3, 0.4) is 0 Å². The minimum Gasteiger partial charge on any atom is -0.494 e. The number of aryl methyl sites for hydroxylation is 2. The number of halogens is 5. The molecule has 1 N–H and O–H groups in total. The Bertz CT molecular complexity index is 2620. The van der Waals surface area contributed by atoms with Crippen LogP contribution in [0.15, 0.2) is 67.9 Å². The molecule has 17 heteroatoms. The summed E-state index contributed by atoms with van der Waals surface area (Å²) in [6, 6.07) is 8.25. The highest BCUT2D eigenvalue weighted by molar-refractivity contribution is 6.28. The van der Waals surface area contributed by atoms with Gasteiger partial charge in [-0.25, -0.2) is 47.5 Å². The number of nitrogens with zero attached hydrogens (tertiary/aromatic N) is 10. The summed E-state index contributed by atoms with van der Waals surface area (Å²) in [6.45, 7) is 13.1. The third kappa shape index (κ3) is 7.70. The molecule has 1 saturated heterocycles. The largest absolute Gasteiger partial charge is 0.494 e. The maximum absolute atomic E-state index is 14.6. The first-order chi connectivity index (χ1) is 26.8. The van der Waals surface area contributed by atoms with E-state index in [4.69, 9.17) is 16.3 Å². The fourth-order valence-electron chi connectivity index (χ4n) is 6.51. The van der Waals surface area contributed by atoms with Gasteiger partial charge < -0.3 is 24.3 Å². The number of imidazole rings is 2. The fourth-order valence-corrected chi connectivity index (χ4v) is 6.65. The molecule has 0 saturated carbocycles. The molecule has 12 nitrogen and oxygen atoms in total. The molecule has 288 valence electrons. The number of aromatic nitrogens is 8. The Morgan fingerprint density at radius 1 is 0.804 bits per heavy atom. The van der Waals surface area contributed by atoms with Gasteiger partial charge in [0.15, 0.2) is 34.6 Å². The molecule has 56 heavy (non-hydrogen) atoms. The van der Waals surface area contributed by atoms with E-state index >= 15 is 0 Å². The predicted octanol–water partition coefficient (Wildman–Crippen LogP) is 7.95. The number of allylic oxidation sites excluding steroid dienone is 1. The number of rotatable bonds is 7. The van der Waals surface area contributed by atoms with Crippen molar-refractivity contribution in [2.24, 2.45) is 0 Å². The first-order valence-corrected chi connectivity index (χ1v) is 17.8. The van der Waals surface area contributed by atoms with Crippen molar-refractivity contribution in [3.63, 3.8) is 0 Å². The van der Waals surface area contributed by atoms with Crippen LogP contribution < -0.4 is 15.0 Å². The summed E-state index contributed by atoms with van der Waals surface area (Å²) in [5.41, 5.74) is 5.18. The molecular weight excluding hydrogens is 750 g/mol. The van der Waals surface area contributed by atoms with Crippen molar-refractivity contribution in [1.82, 2.24) is 43.6 Å². The van der Waals surface area contributed by atoms with E-state index in [9.17, 15) is 17.6 Å². The summed E-state index contributed by atoms with van der Waals surface area (Å²) >= 11 is 5.69. The third-order valence-electron chi connectivity index (χ3n) is 9.19. The van der Waals surface area contributed by atoms with Gasteiger partial charge in [-0.3, -0.25) is 4.40 Å². The maximum Gasteiger partial charge on any atom is 0.228 e. The average Bonchev–Trinajstić information content (AvgIpc) is 3.73. The van der Waals surface area contributed by atoms with Crippen molar-refractivity contribution < 1.29 is 22.3 Å². The second-order valence-corrected chi connectivity index (χ2v) is 13.7. The van der Waals surface area contributed by atoms with Gasteiger partial charge >= 0.3 is 0 Å². The van der Waals surface area contributed by atoms with Gasteiger partial charge in [0, 0.05) is 67.7 Å². The molecule has 0 amide bonds. The number of likely N-dealkylation sites (N-methyl/N-ethyl adjacent to an activating group) is 1. The Balaban J connectivity index is 0.000000189. The molecule has 1 aliphatic rings. The van der Waals surface area contributed by atoms with Gasteiger partial charge in [-0.15, -0.1) is 0 Å². The molecule has 7 heterocycles. The number of hydrogen-bond acceptors (Lipinski definition) is 10. The number of fused-ring (bicyclic) bond motifs is 2. The van der Waals surface area contributed by atoms with Crippen LogP contribution in [-0.2, 0) is 0 Å². The Morgan fingerprint density at radius 3 is 2.16 bits per heavy atom. The van der Waals surface area contributed by atoms with Crippen molar-refractivity contribution in [2.45, 2.75) is 20.8 Å². The van der Waals surface area contributed by atoms with Crippen LogP contribution in [0.25, 0.3) is 39.4 Å². The number of ether oxygens (including phenoxy) is 1.